The van der Waals surface area contributed by atoms with Crippen LogP contribution in [0.3, 0.4) is 0 Å². The standard InChI is InChI=1S/C17H20INO3/c1-17(2,3)22-16(20)19-14-8-9-15(21-11-10-18)13-7-5-4-6-12(13)14/h4-9H,10-11H2,1-3H3,(H,19,20). The Balaban J connectivity index is 2.30. The second-order valence-electron chi connectivity index (χ2n) is 5.82. The van der Waals surface area contributed by atoms with Crippen molar-refractivity contribution in [2.75, 3.05) is 16.4 Å². The highest BCUT2D eigenvalue weighted by Crippen LogP contribution is 2.32. The van der Waals surface area contributed by atoms with Gasteiger partial charge in [-0.2, -0.15) is 0 Å². The summed E-state index contributed by atoms with van der Waals surface area (Å²) in [5.74, 6) is 0.821. The molecule has 2 aromatic rings. The summed E-state index contributed by atoms with van der Waals surface area (Å²) >= 11 is 2.27. The normalized spacial score (nSPS) is 11.3. The van der Waals surface area contributed by atoms with E-state index in [-0.39, 0.29) is 0 Å². The lowest BCUT2D eigenvalue weighted by Gasteiger charge is -2.20. The molecule has 0 atom stereocenters. The molecular formula is C17H20INO3. The number of anilines is 1. The average Bonchev–Trinajstić information content (AvgIpc) is 2.44. The van der Waals surface area contributed by atoms with Crippen molar-refractivity contribution in [3.8, 4) is 5.75 Å². The van der Waals surface area contributed by atoms with Crippen molar-refractivity contribution < 1.29 is 14.3 Å². The van der Waals surface area contributed by atoms with E-state index < -0.39 is 11.7 Å². The van der Waals surface area contributed by atoms with Gasteiger partial charge in [-0.1, -0.05) is 46.9 Å². The largest absolute Gasteiger partial charge is 0.492 e. The van der Waals surface area contributed by atoms with Crippen molar-refractivity contribution >= 4 is 45.1 Å². The number of benzene rings is 2. The third-order valence-corrected chi connectivity index (χ3v) is 3.29. The lowest BCUT2D eigenvalue weighted by molar-refractivity contribution is 0.0636. The van der Waals surface area contributed by atoms with Crippen LogP contribution in [0.4, 0.5) is 10.5 Å². The first-order chi connectivity index (χ1) is 10.4. The number of hydrogen-bond donors (Lipinski definition) is 1. The number of amides is 1. The van der Waals surface area contributed by atoms with Crippen LogP contribution in [0.5, 0.6) is 5.75 Å². The highest BCUT2D eigenvalue weighted by molar-refractivity contribution is 14.1. The molecule has 0 saturated heterocycles. The summed E-state index contributed by atoms with van der Waals surface area (Å²) in [6.45, 7) is 6.17. The van der Waals surface area contributed by atoms with E-state index in [0.29, 0.717) is 12.3 Å². The SMILES string of the molecule is CC(C)(C)OC(=O)Nc1ccc(OCCI)c2ccccc12. The summed E-state index contributed by atoms with van der Waals surface area (Å²) in [4.78, 5) is 12.0. The highest BCUT2D eigenvalue weighted by atomic mass is 127. The maximum atomic E-state index is 12.0. The van der Waals surface area contributed by atoms with Crippen LogP contribution in [-0.4, -0.2) is 22.7 Å². The van der Waals surface area contributed by atoms with Crippen LogP contribution in [0.2, 0.25) is 0 Å². The molecule has 0 heterocycles. The van der Waals surface area contributed by atoms with Crippen molar-refractivity contribution in [2.45, 2.75) is 26.4 Å². The minimum atomic E-state index is -0.525. The minimum absolute atomic E-state index is 0.460. The molecular weight excluding hydrogens is 393 g/mol. The fourth-order valence-corrected chi connectivity index (χ4v) is 2.29. The zero-order valence-corrected chi connectivity index (χ0v) is 15.1. The van der Waals surface area contributed by atoms with Gasteiger partial charge in [0.2, 0.25) is 0 Å². The van der Waals surface area contributed by atoms with Crippen molar-refractivity contribution in [1.29, 1.82) is 0 Å². The molecule has 0 unspecified atom stereocenters. The predicted molar refractivity (Wildman–Crippen MR) is 98.2 cm³/mol. The molecule has 4 nitrogen and oxygen atoms in total. The zero-order valence-electron chi connectivity index (χ0n) is 13.0. The molecule has 1 amide bonds. The molecule has 0 aliphatic heterocycles. The van der Waals surface area contributed by atoms with Gasteiger partial charge in [0.15, 0.2) is 0 Å². The van der Waals surface area contributed by atoms with Crippen LogP contribution in [0.25, 0.3) is 10.8 Å². The van der Waals surface area contributed by atoms with Crippen LogP contribution in [-0.2, 0) is 4.74 Å². The molecule has 5 heteroatoms. The molecule has 22 heavy (non-hydrogen) atoms. The molecule has 0 aliphatic rings. The molecule has 0 spiro atoms. The van der Waals surface area contributed by atoms with E-state index in [4.69, 9.17) is 9.47 Å². The Bertz CT molecular complexity index is 664. The van der Waals surface area contributed by atoms with Crippen molar-refractivity contribution in [1.82, 2.24) is 0 Å². The topological polar surface area (TPSA) is 47.6 Å². The summed E-state index contributed by atoms with van der Waals surface area (Å²) in [5.41, 5.74) is 0.190. The number of alkyl halides is 1. The summed E-state index contributed by atoms with van der Waals surface area (Å²) in [7, 11) is 0. The Hall–Kier alpha value is -1.50. The van der Waals surface area contributed by atoms with E-state index in [1.165, 1.54) is 0 Å². The minimum Gasteiger partial charge on any atom is -0.492 e. The van der Waals surface area contributed by atoms with Crippen LogP contribution in [0, 0.1) is 0 Å². The molecule has 2 rings (SSSR count). The van der Waals surface area contributed by atoms with Gasteiger partial charge in [-0.05, 0) is 32.9 Å². The molecule has 118 valence electrons. The fraction of sp³-hybridized carbons (Fsp3) is 0.353. The smallest absolute Gasteiger partial charge is 0.412 e. The van der Waals surface area contributed by atoms with Crippen LogP contribution in [0.15, 0.2) is 36.4 Å². The van der Waals surface area contributed by atoms with Gasteiger partial charge in [0.1, 0.15) is 11.4 Å². The number of hydrogen-bond acceptors (Lipinski definition) is 3. The maximum Gasteiger partial charge on any atom is 0.412 e. The number of carbonyl (C=O) groups excluding carboxylic acids is 1. The molecule has 2 aromatic carbocycles. The van der Waals surface area contributed by atoms with E-state index in [9.17, 15) is 4.79 Å². The number of rotatable bonds is 4. The molecule has 0 radical (unpaired) electrons. The third-order valence-electron chi connectivity index (χ3n) is 2.85. The Morgan fingerprint density at radius 1 is 1.14 bits per heavy atom. The Labute approximate surface area is 144 Å². The lowest BCUT2D eigenvalue weighted by atomic mass is 10.1. The predicted octanol–water partition coefficient (Wildman–Crippen LogP) is 5.00. The molecule has 0 aromatic heterocycles. The van der Waals surface area contributed by atoms with Gasteiger partial charge >= 0.3 is 6.09 Å². The number of halogens is 1. The first-order valence-electron chi connectivity index (χ1n) is 7.11. The summed E-state index contributed by atoms with van der Waals surface area (Å²) in [6.07, 6.45) is -0.460. The zero-order chi connectivity index (χ0) is 16.2. The van der Waals surface area contributed by atoms with E-state index in [1.807, 2.05) is 57.2 Å². The lowest BCUT2D eigenvalue weighted by Crippen LogP contribution is -2.27. The summed E-state index contributed by atoms with van der Waals surface area (Å²) in [6, 6.07) is 11.6. The summed E-state index contributed by atoms with van der Waals surface area (Å²) < 4.78 is 12.0. The molecule has 0 aliphatic carbocycles. The maximum absolute atomic E-state index is 12.0. The van der Waals surface area contributed by atoms with Crippen LogP contribution >= 0.6 is 22.6 Å². The highest BCUT2D eigenvalue weighted by Gasteiger charge is 2.17. The van der Waals surface area contributed by atoms with Crippen molar-refractivity contribution in [3.05, 3.63) is 36.4 Å². The first kappa shape index (κ1) is 16.9. The van der Waals surface area contributed by atoms with Gasteiger partial charge < -0.3 is 9.47 Å². The van der Waals surface area contributed by atoms with E-state index in [0.717, 1.165) is 20.9 Å². The monoisotopic (exact) mass is 413 g/mol. The van der Waals surface area contributed by atoms with Gasteiger partial charge in [0.25, 0.3) is 0 Å². The van der Waals surface area contributed by atoms with E-state index >= 15 is 0 Å². The Morgan fingerprint density at radius 3 is 2.45 bits per heavy atom. The number of carbonyl (C=O) groups is 1. The average molecular weight is 413 g/mol. The van der Waals surface area contributed by atoms with Crippen LogP contribution < -0.4 is 10.1 Å². The van der Waals surface area contributed by atoms with Crippen molar-refractivity contribution in [3.63, 3.8) is 0 Å². The Kier molecular flexibility index (Phi) is 5.50. The van der Waals surface area contributed by atoms with Gasteiger partial charge in [-0.25, -0.2) is 4.79 Å². The second kappa shape index (κ2) is 7.17. The number of nitrogens with one attached hydrogen (secondary N) is 1. The fourth-order valence-electron chi connectivity index (χ4n) is 2.07. The van der Waals surface area contributed by atoms with Gasteiger partial charge in [0.05, 0.1) is 12.3 Å². The Morgan fingerprint density at radius 2 is 1.82 bits per heavy atom. The van der Waals surface area contributed by atoms with E-state index in [2.05, 4.69) is 27.9 Å². The molecule has 0 bridgehead atoms. The van der Waals surface area contributed by atoms with Gasteiger partial charge in [-0.15, -0.1) is 0 Å². The van der Waals surface area contributed by atoms with E-state index in [1.54, 1.807) is 0 Å². The number of ether oxygens (including phenoxy) is 2. The van der Waals surface area contributed by atoms with Crippen molar-refractivity contribution in [2.24, 2.45) is 0 Å². The first-order valence-corrected chi connectivity index (χ1v) is 8.64. The van der Waals surface area contributed by atoms with Gasteiger partial charge in [0, 0.05) is 15.2 Å². The van der Waals surface area contributed by atoms with Gasteiger partial charge in [-0.3, -0.25) is 5.32 Å². The quantitative estimate of drug-likeness (QED) is 0.567. The molecule has 0 fully saturated rings. The summed E-state index contributed by atoms with van der Waals surface area (Å²) in [5, 5.41) is 4.71. The van der Waals surface area contributed by atoms with Crippen LogP contribution in [0.1, 0.15) is 20.8 Å². The third kappa shape index (κ3) is 4.50. The molecule has 1 N–H and O–H groups in total. The number of fused-ring (bicyclic) bond motifs is 1. The molecule has 0 saturated carbocycles. The second-order valence-corrected chi connectivity index (χ2v) is 6.90.